The average molecular weight is 695 g/mol. The van der Waals surface area contributed by atoms with Crippen molar-refractivity contribution in [3.8, 4) is 33.1 Å². The van der Waals surface area contributed by atoms with Crippen molar-refractivity contribution < 1.29 is 14.3 Å². The van der Waals surface area contributed by atoms with Crippen LogP contribution in [0.25, 0.3) is 32.5 Å². The second-order valence-electron chi connectivity index (χ2n) is 12.1. The monoisotopic (exact) mass is 694 g/mol. The standard InChI is InChI=1S/C43H35ClN2O3S/c1-29-17-22-40(50-29)34-15-8-14-33(24-34)39(46-41(47)28-48-36-20-18-32(19-21-36)31-12-6-3-7-13-31)26-35-25-38(44)37-16-9-23-45-42(37)43(35)49-27-30-10-4-2-5-11-30/h2-25,39H,26-28H2,1H3,(H,46,47). The molecule has 0 saturated carbocycles. The van der Waals surface area contributed by atoms with Gasteiger partial charge >= 0.3 is 0 Å². The van der Waals surface area contributed by atoms with Crippen LogP contribution in [0.1, 0.15) is 27.6 Å². The molecule has 5 aromatic carbocycles. The molecule has 0 spiro atoms. The molecule has 0 aliphatic rings. The maximum absolute atomic E-state index is 13.6. The summed E-state index contributed by atoms with van der Waals surface area (Å²) < 4.78 is 12.5. The van der Waals surface area contributed by atoms with Gasteiger partial charge in [0.1, 0.15) is 23.6 Å². The molecule has 1 atom stereocenters. The molecule has 50 heavy (non-hydrogen) atoms. The number of nitrogens with zero attached hydrogens (tertiary/aromatic N) is 1. The first-order valence-corrected chi connectivity index (χ1v) is 17.7. The van der Waals surface area contributed by atoms with E-state index in [0.717, 1.165) is 38.8 Å². The largest absolute Gasteiger partial charge is 0.486 e. The Morgan fingerprint density at radius 2 is 1.52 bits per heavy atom. The quantitative estimate of drug-likeness (QED) is 0.138. The Morgan fingerprint density at radius 1 is 0.780 bits per heavy atom. The Hall–Kier alpha value is -5.43. The van der Waals surface area contributed by atoms with Crippen LogP contribution < -0.4 is 14.8 Å². The van der Waals surface area contributed by atoms with Gasteiger partial charge in [0.05, 0.1) is 11.1 Å². The van der Waals surface area contributed by atoms with Crippen molar-refractivity contribution in [2.45, 2.75) is 26.0 Å². The lowest BCUT2D eigenvalue weighted by molar-refractivity contribution is -0.123. The number of carbonyl (C=O) groups excluding carboxylic acids is 1. The fourth-order valence-corrected chi connectivity index (χ4v) is 7.15. The summed E-state index contributed by atoms with van der Waals surface area (Å²) in [5.74, 6) is 1.03. The smallest absolute Gasteiger partial charge is 0.258 e. The van der Waals surface area contributed by atoms with Gasteiger partial charge in [0.2, 0.25) is 0 Å². The molecule has 0 radical (unpaired) electrons. The van der Waals surface area contributed by atoms with E-state index in [4.69, 9.17) is 21.1 Å². The molecule has 2 aromatic heterocycles. The number of rotatable bonds is 12. The maximum Gasteiger partial charge on any atom is 0.258 e. The zero-order valence-electron chi connectivity index (χ0n) is 27.5. The number of hydrogen-bond acceptors (Lipinski definition) is 5. The van der Waals surface area contributed by atoms with Gasteiger partial charge in [0.15, 0.2) is 6.61 Å². The highest BCUT2D eigenvalue weighted by atomic mass is 35.5. The van der Waals surface area contributed by atoms with Gasteiger partial charge in [-0.3, -0.25) is 9.78 Å². The lowest BCUT2D eigenvalue weighted by Crippen LogP contribution is -2.34. The van der Waals surface area contributed by atoms with Crippen molar-refractivity contribution in [3.63, 3.8) is 0 Å². The predicted octanol–water partition coefficient (Wildman–Crippen LogP) is 10.7. The molecule has 0 saturated heterocycles. The molecular weight excluding hydrogens is 660 g/mol. The van der Waals surface area contributed by atoms with Crippen LogP contribution in [0.5, 0.6) is 11.5 Å². The van der Waals surface area contributed by atoms with Crippen LogP contribution in [0.2, 0.25) is 5.02 Å². The maximum atomic E-state index is 13.6. The number of aromatic nitrogens is 1. The molecule has 1 N–H and O–H groups in total. The third kappa shape index (κ3) is 7.89. The average Bonchev–Trinajstić information content (AvgIpc) is 3.61. The van der Waals surface area contributed by atoms with Crippen molar-refractivity contribution in [2.75, 3.05) is 6.61 Å². The lowest BCUT2D eigenvalue weighted by Gasteiger charge is -2.23. The van der Waals surface area contributed by atoms with Crippen molar-refractivity contribution >= 4 is 39.7 Å². The van der Waals surface area contributed by atoms with E-state index in [1.54, 1.807) is 17.5 Å². The van der Waals surface area contributed by atoms with Crippen molar-refractivity contribution in [3.05, 3.63) is 172 Å². The second-order valence-corrected chi connectivity index (χ2v) is 13.8. The van der Waals surface area contributed by atoms with Gasteiger partial charge in [-0.05, 0) is 83.3 Å². The number of amides is 1. The molecular formula is C43H35ClN2O3S. The predicted molar refractivity (Wildman–Crippen MR) is 204 cm³/mol. The number of hydrogen-bond donors (Lipinski definition) is 1. The van der Waals surface area contributed by atoms with E-state index in [2.05, 4.69) is 53.6 Å². The molecule has 1 unspecified atom stereocenters. The van der Waals surface area contributed by atoms with E-state index in [1.165, 1.54) is 9.75 Å². The van der Waals surface area contributed by atoms with E-state index in [0.29, 0.717) is 35.1 Å². The van der Waals surface area contributed by atoms with Gasteiger partial charge in [-0.25, -0.2) is 0 Å². The molecule has 1 amide bonds. The summed E-state index contributed by atoms with van der Waals surface area (Å²) in [6.45, 7) is 2.33. The molecule has 7 aromatic rings. The minimum Gasteiger partial charge on any atom is -0.486 e. The van der Waals surface area contributed by atoms with Crippen LogP contribution in [0.15, 0.2) is 146 Å². The number of pyridine rings is 1. The summed E-state index contributed by atoms with van der Waals surface area (Å²) in [5, 5.41) is 4.65. The first-order chi connectivity index (χ1) is 24.5. The molecule has 7 heteroatoms. The van der Waals surface area contributed by atoms with E-state index in [1.807, 2.05) is 103 Å². The normalized spacial score (nSPS) is 11.6. The summed E-state index contributed by atoms with van der Waals surface area (Å²) in [6.07, 6.45) is 2.16. The fraction of sp³-hybridized carbons (Fsp3) is 0.116. The van der Waals surface area contributed by atoms with Crippen molar-refractivity contribution in [1.29, 1.82) is 0 Å². The van der Waals surface area contributed by atoms with Gasteiger partial charge in [-0.2, -0.15) is 0 Å². The Balaban J connectivity index is 1.18. The van der Waals surface area contributed by atoms with Crippen LogP contribution in [-0.2, 0) is 17.8 Å². The third-order valence-corrected chi connectivity index (χ3v) is 9.87. The zero-order chi connectivity index (χ0) is 34.3. The Kier molecular flexibility index (Phi) is 10.2. The van der Waals surface area contributed by atoms with E-state index < -0.39 is 6.04 Å². The van der Waals surface area contributed by atoms with Crippen LogP contribution >= 0.6 is 22.9 Å². The van der Waals surface area contributed by atoms with Crippen molar-refractivity contribution in [2.24, 2.45) is 0 Å². The number of halogens is 1. The summed E-state index contributed by atoms with van der Waals surface area (Å²) in [4.78, 5) is 20.7. The minimum absolute atomic E-state index is 0.137. The van der Waals surface area contributed by atoms with E-state index in [-0.39, 0.29) is 12.5 Å². The molecule has 5 nitrogen and oxygen atoms in total. The molecule has 0 aliphatic heterocycles. The minimum atomic E-state index is -0.413. The number of thiophene rings is 1. The Bertz CT molecular complexity index is 2220. The highest BCUT2D eigenvalue weighted by molar-refractivity contribution is 7.15. The number of ether oxygens (including phenoxy) is 2. The number of benzene rings is 5. The molecule has 7 rings (SSSR count). The van der Waals surface area contributed by atoms with Gasteiger partial charge in [-0.1, -0.05) is 103 Å². The van der Waals surface area contributed by atoms with Crippen molar-refractivity contribution in [1.82, 2.24) is 10.3 Å². The third-order valence-electron chi connectivity index (χ3n) is 8.50. The number of carbonyl (C=O) groups is 1. The molecule has 248 valence electrons. The SMILES string of the molecule is Cc1ccc(-c2cccc(C(Cc3cc(Cl)c4cccnc4c3OCc3ccccc3)NC(=O)COc3ccc(-c4ccccc4)cc3)c2)s1. The zero-order valence-corrected chi connectivity index (χ0v) is 29.1. The Morgan fingerprint density at radius 3 is 2.28 bits per heavy atom. The van der Waals surface area contributed by atoms with Gasteiger partial charge in [-0.15, -0.1) is 11.3 Å². The highest BCUT2D eigenvalue weighted by Crippen LogP contribution is 2.38. The summed E-state index contributed by atoms with van der Waals surface area (Å²) in [6, 6.07) is 45.8. The van der Waals surface area contributed by atoms with Crippen LogP contribution in [0.4, 0.5) is 0 Å². The van der Waals surface area contributed by atoms with E-state index in [9.17, 15) is 4.79 Å². The van der Waals surface area contributed by atoms with Gasteiger partial charge in [0, 0.05) is 33.3 Å². The summed E-state index contributed by atoms with van der Waals surface area (Å²) >= 11 is 8.60. The number of fused-ring (bicyclic) bond motifs is 1. The van der Waals surface area contributed by atoms with Crippen LogP contribution in [0, 0.1) is 6.92 Å². The highest BCUT2D eigenvalue weighted by Gasteiger charge is 2.22. The number of aryl methyl sites for hydroxylation is 1. The molecule has 0 fully saturated rings. The fourth-order valence-electron chi connectivity index (χ4n) is 6.00. The van der Waals surface area contributed by atoms with Crippen LogP contribution in [0.3, 0.4) is 0 Å². The molecule has 2 heterocycles. The Labute approximate surface area is 301 Å². The first-order valence-electron chi connectivity index (χ1n) is 16.5. The molecule has 0 aliphatic carbocycles. The van der Waals surface area contributed by atoms with Gasteiger partial charge < -0.3 is 14.8 Å². The van der Waals surface area contributed by atoms with Crippen LogP contribution in [-0.4, -0.2) is 17.5 Å². The topological polar surface area (TPSA) is 60.5 Å². The number of nitrogens with one attached hydrogen (secondary N) is 1. The first kappa shape index (κ1) is 33.1. The summed E-state index contributed by atoms with van der Waals surface area (Å²) in [5.41, 5.74) is 6.81. The second kappa shape index (κ2) is 15.4. The summed E-state index contributed by atoms with van der Waals surface area (Å²) in [7, 11) is 0. The van der Waals surface area contributed by atoms with E-state index >= 15 is 0 Å². The molecule has 0 bridgehead atoms. The van der Waals surface area contributed by atoms with Gasteiger partial charge in [0.25, 0.3) is 5.91 Å². The lowest BCUT2D eigenvalue weighted by atomic mass is 9.95.